The van der Waals surface area contributed by atoms with Crippen molar-refractivity contribution in [3.8, 4) is 11.8 Å². The zero-order valence-corrected chi connectivity index (χ0v) is 15.9. The van der Waals surface area contributed by atoms with Crippen LogP contribution in [0.4, 0.5) is 0 Å². The molecule has 2 aliphatic heterocycles. The first kappa shape index (κ1) is 16.5. The first-order chi connectivity index (χ1) is 14.2. The maximum Gasteiger partial charge on any atom is 0.346 e. The summed E-state index contributed by atoms with van der Waals surface area (Å²) in [5.41, 5.74) is 3.63. The van der Waals surface area contributed by atoms with Crippen molar-refractivity contribution < 1.29 is 13.9 Å². The largest absolute Gasteiger partial charge is 0.456 e. The number of nitriles is 1. The van der Waals surface area contributed by atoms with E-state index >= 15 is 0 Å². The summed E-state index contributed by atoms with van der Waals surface area (Å²) >= 11 is 1.56. The van der Waals surface area contributed by atoms with Crippen LogP contribution in [-0.2, 0) is 16.9 Å². The average Bonchev–Trinajstić information content (AvgIpc) is 3.29. The van der Waals surface area contributed by atoms with E-state index < -0.39 is 17.5 Å². The highest BCUT2D eigenvalue weighted by atomic mass is 32.1. The van der Waals surface area contributed by atoms with Crippen molar-refractivity contribution in [3.63, 3.8) is 0 Å². The van der Waals surface area contributed by atoms with Crippen LogP contribution in [0.15, 0.2) is 68.5 Å². The van der Waals surface area contributed by atoms with E-state index in [0.717, 1.165) is 22.1 Å². The van der Waals surface area contributed by atoms with Crippen LogP contribution in [0.3, 0.4) is 0 Å². The van der Waals surface area contributed by atoms with Gasteiger partial charge in [-0.25, -0.2) is 4.79 Å². The normalized spacial score (nSPS) is 21.7. The summed E-state index contributed by atoms with van der Waals surface area (Å²) in [6.07, 6.45) is -0.185. The van der Waals surface area contributed by atoms with Gasteiger partial charge in [-0.3, -0.25) is 0 Å². The molecule has 5 nitrogen and oxygen atoms in total. The Morgan fingerprint density at radius 3 is 2.90 bits per heavy atom. The first-order valence-electron chi connectivity index (χ1n) is 9.17. The fourth-order valence-electron chi connectivity index (χ4n) is 4.25. The third kappa shape index (κ3) is 2.26. The molecule has 140 valence electrons. The monoisotopic (exact) mass is 399 g/mol. The smallest absolute Gasteiger partial charge is 0.346 e. The van der Waals surface area contributed by atoms with Gasteiger partial charge in [-0.05, 0) is 46.8 Å². The lowest BCUT2D eigenvalue weighted by molar-refractivity contribution is -0.237. The van der Waals surface area contributed by atoms with Gasteiger partial charge in [0.2, 0.25) is 5.79 Å². The molecule has 2 aliphatic rings. The van der Waals surface area contributed by atoms with E-state index in [0.29, 0.717) is 28.9 Å². The van der Waals surface area contributed by atoms with Crippen LogP contribution in [0, 0.1) is 11.3 Å². The maximum atomic E-state index is 12.9. The minimum absolute atomic E-state index is 0.361. The molecule has 0 aliphatic carbocycles. The summed E-state index contributed by atoms with van der Waals surface area (Å²) in [6, 6.07) is 17.0. The SMILES string of the molecule is N#Cc1ccc2c(c1)CC1(c3ccsc3)Oc3c(c(=O)oc4ccccc34)C2O1. The highest BCUT2D eigenvalue weighted by molar-refractivity contribution is 7.08. The van der Waals surface area contributed by atoms with Gasteiger partial charge in [-0.15, -0.1) is 0 Å². The Hall–Kier alpha value is -3.40. The number of nitrogens with zero attached hydrogens (tertiary/aromatic N) is 1. The molecular weight excluding hydrogens is 386 g/mol. The first-order valence-corrected chi connectivity index (χ1v) is 10.1. The van der Waals surface area contributed by atoms with Crippen LogP contribution in [0.25, 0.3) is 11.0 Å². The van der Waals surface area contributed by atoms with E-state index in [2.05, 4.69) is 6.07 Å². The molecule has 0 spiro atoms. The molecule has 6 rings (SSSR count). The van der Waals surface area contributed by atoms with Gasteiger partial charge in [0.15, 0.2) is 0 Å². The van der Waals surface area contributed by atoms with E-state index in [9.17, 15) is 10.1 Å². The van der Waals surface area contributed by atoms with Gasteiger partial charge < -0.3 is 13.9 Å². The number of hydrogen-bond acceptors (Lipinski definition) is 6. The highest BCUT2D eigenvalue weighted by Crippen LogP contribution is 2.53. The van der Waals surface area contributed by atoms with E-state index in [1.165, 1.54) is 0 Å². The number of fused-ring (bicyclic) bond motifs is 8. The number of para-hydroxylation sites is 1. The summed E-state index contributed by atoms with van der Waals surface area (Å²) in [6.45, 7) is 0. The highest BCUT2D eigenvalue weighted by Gasteiger charge is 2.51. The van der Waals surface area contributed by atoms with E-state index in [1.807, 2.05) is 47.2 Å². The molecule has 0 radical (unpaired) electrons. The van der Waals surface area contributed by atoms with Crippen molar-refractivity contribution in [2.45, 2.75) is 18.3 Å². The fourth-order valence-corrected chi connectivity index (χ4v) is 4.96. The second-order valence-electron chi connectivity index (χ2n) is 7.20. The Kier molecular flexibility index (Phi) is 3.31. The van der Waals surface area contributed by atoms with Gasteiger partial charge in [0, 0.05) is 17.4 Å². The summed E-state index contributed by atoms with van der Waals surface area (Å²) in [5.74, 6) is -0.552. The summed E-state index contributed by atoms with van der Waals surface area (Å²) in [5, 5.41) is 14.0. The zero-order chi connectivity index (χ0) is 19.6. The maximum absolute atomic E-state index is 12.9. The quantitative estimate of drug-likeness (QED) is 0.436. The van der Waals surface area contributed by atoms with Crippen molar-refractivity contribution >= 4 is 22.3 Å². The van der Waals surface area contributed by atoms with Crippen LogP contribution in [0.2, 0.25) is 0 Å². The van der Waals surface area contributed by atoms with Crippen molar-refractivity contribution in [3.05, 3.63) is 97.5 Å². The van der Waals surface area contributed by atoms with Gasteiger partial charge in [0.25, 0.3) is 0 Å². The Morgan fingerprint density at radius 1 is 1.17 bits per heavy atom. The number of ether oxygens (including phenoxy) is 2. The number of rotatable bonds is 1. The van der Waals surface area contributed by atoms with Gasteiger partial charge >= 0.3 is 5.63 Å². The van der Waals surface area contributed by atoms with Crippen LogP contribution >= 0.6 is 11.3 Å². The molecule has 6 heteroatoms. The zero-order valence-electron chi connectivity index (χ0n) is 15.0. The van der Waals surface area contributed by atoms with Gasteiger partial charge in [0.1, 0.15) is 23.0 Å². The van der Waals surface area contributed by atoms with Gasteiger partial charge in [0.05, 0.1) is 17.0 Å². The van der Waals surface area contributed by atoms with E-state index in [4.69, 9.17) is 13.9 Å². The Balaban J connectivity index is 1.70. The molecule has 0 saturated heterocycles. The van der Waals surface area contributed by atoms with Crippen molar-refractivity contribution in [1.82, 2.24) is 0 Å². The molecule has 0 amide bonds. The summed E-state index contributed by atoms with van der Waals surface area (Å²) < 4.78 is 18.5. The van der Waals surface area contributed by atoms with Crippen LogP contribution in [-0.4, -0.2) is 0 Å². The minimum atomic E-state index is -1.06. The number of hydrogen-bond donors (Lipinski definition) is 0. The summed E-state index contributed by atoms with van der Waals surface area (Å²) in [4.78, 5) is 12.9. The van der Waals surface area contributed by atoms with Gasteiger partial charge in [-0.2, -0.15) is 16.6 Å². The molecule has 2 aromatic heterocycles. The molecule has 0 N–H and O–H groups in total. The van der Waals surface area contributed by atoms with Crippen molar-refractivity contribution in [2.75, 3.05) is 0 Å². The molecule has 29 heavy (non-hydrogen) atoms. The lowest BCUT2D eigenvalue weighted by Gasteiger charge is -2.46. The van der Waals surface area contributed by atoms with Crippen LogP contribution < -0.4 is 10.4 Å². The Bertz CT molecular complexity index is 1380. The molecule has 4 heterocycles. The lowest BCUT2D eigenvalue weighted by atomic mass is 9.84. The third-order valence-corrected chi connectivity index (χ3v) is 6.26. The molecule has 4 aromatic rings. The average molecular weight is 399 g/mol. The second-order valence-corrected chi connectivity index (χ2v) is 7.98. The molecule has 2 atom stereocenters. The lowest BCUT2D eigenvalue weighted by Crippen LogP contribution is -2.47. The van der Waals surface area contributed by atoms with E-state index in [1.54, 1.807) is 23.5 Å². The summed E-state index contributed by atoms with van der Waals surface area (Å²) in [7, 11) is 0. The Morgan fingerprint density at radius 2 is 2.07 bits per heavy atom. The van der Waals surface area contributed by atoms with E-state index in [-0.39, 0.29) is 0 Å². The molecule has 0 fully saturated rings. The number of benzene rings is 2. The van der Waals surface area contributed by atoms with Crippen LogP contribution in [0.1, 0.15) is 33.9 Å². The predicted molar refractivity (Wildman–Crippen MR) is 107 cm³/mol. The minimum Gasteiger partial charge on any atom is -0.456 e. The van der Waals surface area contributed by atoms with Crippen molar-refractivity contribution in [1.29, 1.82) is 5.26 Å². The topological polar surface area (TPSA) is 72.5 Å². The van der Waals surface area contributed by atoms with Gasteiger partial charge in [-0.1, -0.05) is 18.2 Å². The fraction of sp³-hybridized carbons (Fsp3) is 0.130. The molecular formula is C23H13NO4S. The standard InChI is InChI=1S/C23H13NO4S/c24-11-13-5-6-16-14(9-13)10-23(15-7-8-29-12-15)27-20(16)19-21(28-23)17-3-1-2-4-18(17)26-22(19)25/h1-9,12,20H,10H2. The molecule has 2 bridgehead atoms. The predicted octanol–water partition coefficient (Wildman–Crippen LogP) is 4.63. The third-order valence-electron chi connectivity index (χ3n) is 5.57. The van der Waals surface area contributed by atoms with Crippen molar-refractivity contribution in [2.24, 2.45) is 0 Å². The molecule has 2 unspecified atom stereocenters. The Labute approximate surface area is 169 Å². The molecule has 2 aromatic carbocycles. The van der Waals surface area contributed by atoms with Crippen LogP contribution in [0.5, 0.6) is 5.75 Å². The second kappa shape index (κ2) is 5.80. The molecule has 0 saturated carbocycles. The number of thiophene rings is 1.